The molecule has 1 aliphatic carbocycles. The summed E-state index contributed by atoms with van der Waals surface area (Å²) >= 11 is 0. The normalized spacial score (nSPS) is 19.4. The van der Waals surface area contributed by atoms with Gasteiger partial charge >= 0.3 is 0 Å². The molecule has 2 aromatic rings. The van der Waals surface area contributed by atoms with Crippen molar-refractivity contribution in [2.45, 2.75) is 19.8 Å². The molecule has 0 fully saturated rings. The van der Waals surface area contributed by atoms with Crippen molar-refractivity contribution in [1.29, 1.82) is 0 Å². The van der Waals surface area contributed by atoms with Gasteiger partial charge in [0.05, 0.1) is 22.5 Å². The number of rotatable bonds is 0. The smallest absolute Gasteiger partial charge is 0.169 e. The Balaban J connectivity index is 2.36. The Morgan fingerprint density at radius 2 is 2.12 bits per heavy atom. The minimum Gasteiger partial charge on any atom is -0.398 e. The summed E-state index contributed by atoms with van der Waals surface area (Å²) in [6, 6.07) is 7.72. The van der Waals surface area contributed by atoms with Gasteiger partial charge in [0.1, 0.15) is 0 Å². The number of Topliss-reactive ketones (excluding diaryl/α,β-unsaturated/α-hetero) is 1. The lowest BCUT2D eigenvalue weighted by atomic mass is 9.85. The largest absolute Gasteiger partial charge is 0.398 e. The Morgan fingerprint density at radius 1 is 1.35 bits per heavy atom. The molecule has 0 spiro atoms. The van der Waals surface area contributed by atoms with Crippen LogP contribution in [0.2, 0.25) is 0 Å². The number of nitrogens with two attached hydrogens (primary N) is 1. The standard InChI is InChI=1S/C14H14N2O/c1-8-6-7-11-12(14(8)17)13(15)9-4-2-3-5-10(9)16-11/h2-5,8H,6-7H2,1H3,(H2,15,16). The first-order valence-corrected chi connectivity index (χ1v) is 5.90. The highest BCUT2D eigenvalue weighted by Gasteiger charge is 2.28. The van der Waals surface area contributed by atoms with E-state index in [1.165, 1.54) is 0 Å². The number of hydrogen-bond acceptors (Lipinski definition) is 3. The van der Waals surface area contributed by atoms with Crippen LogP contribution in [0.15, 0.2) is 24.3 Å². The molecule has 1 unspecified atom stereocenters. The number of hydrogen-bond donors (Lipinski definition) is 1. The molecule has 0 bridgehead atoms. The Labute approximate surface area is 99.7 Å². The number of carbonyl (C=O) groups is 1. The first kappa shape index (κ1) is 10.3. The molecule has 0 radical (unpaired) electrons. The summed E-state index contributed by atoms with van der Waals surface area (Å²) < 4.78 is 0. The minimum absolute atomic E-state index is 0.0627. The number of carbonyl (C=O) groups excluding carboxylic acids is 1. The molecule has 0 saturated heterocycles. The van der Waals surface area contributed by atoms with Crippen LogP contribution in [0.4, 0.5) is 5.69 Å². The van der Waals surface area contributed by atoms with E-state index in [0.717, 1.165) is 29.4 Å². The van der Waals surface area contributed by atoms with Crippen LogP contribution >= 0.6 is 0 Å². The summed E-state index contributed by atoms with van der Waals surface area (Å²) in [6.45, 7) is 1.96. The fraction of sp³-hybridized carbons (Fsp3) is 0.286. The average molecular weight is 226 g/mol. The molecule has 2 N–H and O–H groups in total. The Hall–Kier alpha value is -1.90. The van der Waals surface area contributed by atoms with Crippen molar-refractivity contribution < 1.29 is 4.79 Å². The predicted octanol–water partition coefficient (Wildman–Crippen LogP) is 2.58. The van der Waals surface area contributed by atoms with Gasteiger partial charge in [-0.15, -0.1) is 0 Å². The molecule has 3 heteroatoms. The molecule has 86 valence electrons. The molecule has 1 aromatic carbocycles. The van der Waals surface area contributed by atoms with Crippen LogP contribution in [-0.4, -0.2) is 10.8 Å². The highest BCUT2D eigenvalue weighted by molar-refractivity contribution is 6.09. The van der Waals surface area contributed by atoms with Gasteiger partial charge in [-0.25, -0.2) is 0 Å². The first-order valence-electron chi connectivity index (χ1n) is 5.90. The molecule has 0 aliphatic heterocycles. The summed E-state index contributed by atoms with van der Waals surface area (Å²) in [5.74, 6) is 0.203. The van der Waals surface area contributed by atoms with Crippen molar-refractivity contribution >= 4 is 22.4 Å². The van der Waals surface area contributed by atoms with E-state index in [9.17, 15) is 4.79 Å². The van der Waals surface area contributed by atoms with Gasteiger partial charge in [0.2, 0.25) is 0 Å². The van der Waals surface area contributed by atoms with E-state index < -0.39 is 0 Å². The summed E-state index contributed by atoms with van der Waals surface area (Å²) in [5.41, 5.74) is 9.13. The second-order valence-electron chi connectivity index (χ2n) is 4.67. The van der Waals surface area contributed by atoms with Crippen LogP contribution in [0.1, 0.15) is 29.4 Å². The van der Waals surface area contributed by atoms with Gasteiger partial charge in [-0.05, 0) is 18.9 Å². The van der Waals surface area contributed by atoms with E-state index in [1.807, 2.05) is 31.2 Å². The van der Waals surface area contributed by atoms with Crippen LogP contribution in [-0.2, 0) is 6.42 Å². The molecule has 0 amide bonds. The lowest BCUT2D eigenvalue weighted by Gasteiger charge is -2.21. The molecule has 0 saturated carbocycles. The predicted molar refractivity (Wildman–Crippen MR) is 68.0 cm³/mol. The maximum absolute atomic E-state index is 12.2. The highest BCUT2D eigenvalue weighted by Crippen LogP contribution is 2.32. The number of nitrogen functional groups attached to an aromatic ring is 1. The van der Waals surface area contributed by atoms with Crippen molar-refractivity contribution in [3.05, 3.63) is 35.5 Å². The molecule has 1 aliphatic rings. The number of fused-ring (bicyclic) bond motifs is 2. The molecular formula is C14H14N2O. The number of pyridine rings is 1. The van der Waals surface area contributed by atoms with Crippen LogP contribution in [0, 0.1) is 5.92 Å². The monoisotopic (exact) mass is 226 g/mol. The van der Waals surface area contributed by atoms with Crippen molar-refractivity contribution in [1.82, 2.24) is 4.98 Å². The quantitative estimate of drug-likeness (QED) is 0.751. The number of anilines is 1. The van der Waals surface area contributed by atoms with Crippen molar-refractivity contribution in [3.63, 3.8) is 0 Å². The van der Waals surface area contributed by atoms with Gasteiger partial charge in [-0.3, -0.25) is 9.78 Å². The van der Waals surface area contributed by atoms with Crippen molar-refractivity contribution in [2.75, 3.05) is 5.73 Å². The SMILES string of the molecule is CC1CCc2nc3ccccc3c(N)c2C1=O. The van der Waals surface area contributed by atoms with E-state index in [1.54, 1.807) is 0 Å². The van der Waals surface area contributed by atoms with Crippen LogP contribution in [0.3, 0.4) is 0 Å². The third-order valence-electron chi connectivity index (χ3n) is 3.52. The first-order chi connectivity index (χ1) is 8.18. The highest BCUT2D eigenvalue weighted by atomic mass is 16.1. The van der Waals surface area contributed by atoms with E-state index >= 15 is 0 Å². The maximum atomic E-state index is 12.2. The number of para-hydroxylation sites is 1. The minimum atomic E-state index is 0.0627. The van der Waals surface area contributed by atoms with Crippen molar-refractivity contribution in [2.24, 2.45) is 5.92 Å². The Kier molecular flexibility index (Phi) is 2.15. The molecule has 1 heterocycles. The number of nitrogens with zero attached hydrogens (tertiary/aromatic N) is 1. The van der Waals surface area contributed by atoms with Crippen molar-refractivity contribution in [3.8, 4) is 0 Å². The van der Waals surface area contributed by atoms with Gasteiger partial charge < -0.3 is 5.73 Å². The maximum Gasteiger partial charge on any atom is 0.169 e. The van der Waals surface area contributed by atoms with E-state index in [-0.39, 0.29) is 11.7 Å². The Morgan fingerprint density at radius 3 is 2.94 bits per heavy atom. The van der Waals surface area contributed by atoms with E-state index in [0.29, 0.717) is 11.3 Å². The van der Waals surface area contributed by atoms with Crippen LogP contribution < -0.4 is 5.73 Å². The number of ketones is 1. The number of benzene rings is 1. The zero-order valence-electron chi connectivity index (χ0n) is 9.73. The van der Waals surface area contributed by atoms with E-state index in [2.05, 4.69) is 4.98 Å². The topological polar surface area (TPSA) is 56.0 Å². The average Bonchev–Trinajstić information content (AvgIpc) is 2.34. The molecule has 1 aromatic heterocycles. The zero-order chi connectivity index (χ0) is 12.0. The van der Waals surface area contributed by atoms with Crippen LogP contribution in [0.5, 0.6) is 0 Å². The van der Waals surface area contributed by atoms with Gasteiger partial charge in [0.15, 0.2) is 5.78 Å². The molecule has 3 nitrogen and oxygen atoms in total. The third-order valence-corrected chi connectivity index (χ3v) is 3.52. The van der Waals surface area contributed by atoms with Crippen LogP contribution in [0.25, 0.3) is 10.9 Å². The summed E-state index contributed by atoms with van der Waals surface area (Å²) in [5, 5.41) is 0.883. The number of aryl methyl sites for hydroxylation is 1. The summed E-state index contributed by atoms with van der Waals surface area (Å²) in [4.78, 5) is 16.7. The molecule has 3 rings (SSSR count). The van der Waals surface area contributed by atoms with Gasteiger partial charge in [-0.1, -0.05) is 25.1 Å². The second kappa shape index (κ2) is 3.55. The fourth-order valence-electron chi connectivity index (χ4n) is 2.48. The summed E-state index contributed by atoms with van der Waals surface area (Å²) in [6.07, 6.45) is 1.72. The lowest BCUT2D eigenvalue weighted by Crippen LogP contribution is -2.23. The zero-order valence-corrected chi connectivity index (χ0v) is 9.73. The van der Waals surface area contributed by atoms with Gasteiger partial charge in [0.25, 0.3) is 0 Å². The summed E-state index contributed by atoms with van der Waals surface area (Å²) in [7, 11) is 0. The Bertz CT molecular complexity index is 619. The number of aromatic nitrogens is 1. The second-order valence-corrected chi connectivity index (χ2v) is 4.67. The van der Waals surface area contributed by atoms with Gasteiger partial charge in [-0.2, -0.15) is 0 Å². The molecular weight excluding hydrogens is 212 g/mol. The molecule has 1 atom stereocenters. The third kappa shape index (κ3) is 1.42. The fourth-order valence-corrected chi connectivity index (χ4v) is 2.48. The lowest BCUT2D eigenvalue weighted by molar-refractivity contribution is 0.0914. The van der Waals surface area contributed by atoms with Gasteiger partial charge in [0, 0.05) is 11.3 Å². The molecule has 17 heavy (non-hydrogen) atoms. The van der Waals surface area contributed by atoms with E-state index in [4.69, 9.17) is 5.73 Å².